The normalized spacial score (nSPS) is 10.2. The molecular formula is C9H7N3S. The van der Waals surface area contributed by atoms with E-state index in [1.54, 1.807) is 6.20 Å². The van der Waals surface area contributed by atoms with E-state index in [1.807, 2.05) is 24.3 Å². The summed E-state index contributed by atoms with van der Waals surface area (Å²) in [7, 11) is 0. The van der Waals surface area contributed by atoms with Gasteiger partial charge in [0.15, 0.2) is 0 Å². The molecule has 0 aliphatic rings. The van der Waals surface area contributed by atoms with Crippen molar-refractivity contribution in [2.45, 2.75) is 0 Å². The third-order valence-corrected chi connectivity index (χ3v) is 2.00. The van der Waals surface area contributed by atoms with Crippen molar-refractivity contribution in [3.05, 3.63) is 36.2 Å². The third kappa shape index (κ3) is 1.36. The number of nitrogens with zero attached hydrogens (tertiary/aromatic N) is 2. The van der Waals surface area contributed by atoms with E-state index in [1.165, 1.54) is 0 Å². The first-order chi connectivity index (χ1) is 6.29. The van der Waals surface area contributed by atoms with Crippen molar-refractivity contribution < 1.29 is 0 Å². The van der Waals surface area contributed by atoms with Crippen LogP contribution in [0.2, 0.25) is 0 Å². The van der Waals surface area contributed by atoms with Crippen LogP contribution in [0.3, 0.4) is 0 Å². The first-order valence-corrected chi connectivity index (χ1v) is 4.20. The van der Waals surface area contributed by atoms with Gasteiger partial charge in [-0.2, -0.15) is 5.10 Å². The fourth-order valence-electron chi connectivity index (χ4n) is 1.21. The van der Waals surface area contributed by atoms with Gasteiger partial charge < -0.3 is 5.73 Å². The van der Waals surface area contributed by atoms with Gasteiger partial charge in [0.05, 0.1) is 6.20 Å². The van der Waals surface area contributed by atoms with Crippen molar-refractivity contribution in [3.63, 3.8) is 0 Å². The molecule has 4 heteroatoms. The minimum atomic E-state index is 0.282. The molecule has 1 heterocycles. The molecular weight excluding hydrogens is 182 g/mol. The van der Waals surface area contributed by atoms with Crippen LogP contribution in [0.1, 0.15) is 5.69 Å². The van der Waals surface area contributed by atoms with E-state index < -0.39 is 0 Å². The summed E-state index contributed by atoms with van der Waals surface area (Å²) in [6.07, 6.45) is 1.69. The summed E-state index contributed by atoms with van der Waals surface area (Å²) >= 11 is 4.86. The molecule has 2 N–H and O–H groups in total. The van der Waals surface area contributed by atoms with Gasteiger partial charge >= 0.3 is 0 Å². The van der Waals surface area contributed by atoms with Gasteiger partial charge in [-0.15, -0.1) is 5.10 Å². The number of rotatable bonds is 1. The van der Waals surface area contributed by atoms with Gasteiger partial charge in [-0.05, 0) is 0 Å². The SMILES string of the molecule is NC(=S)c1nncc2ccccc12. The lowest BCUT2D eigenvalue weighted by atomic mass is 10.1. The van der Waals surface area contributed by atoms with Crippen LogP contribution < -0.4 is 5.73 Å². The standard InChI is InChI=1S/C9H7N3S/c10-9(13)8-7-4-2-1-3-6(7)5-11-12-8/h1-5H,(H2,10,13). The van der Waals surface area contributed by atoms with Gasteiger partial charge in [0.1, 0.15) is 10.7 Å². The lowest BCUT2D eigenvalue weighted by Crippen LogP contribution is -2.12. The van der Waals surface area contributed by atoms with Crippen LogP contribution in [0.4, 0.5) is 0 Å². The summed E-state index contributed by atoms with van der Waals surface area (Å²) in [6.45, 7) is 0. The highest BCUT2D eigenvalue weighted by atomic mass is 32.1. The van der Waals surface area contributed by atoms with Gasteiger partial charge in [-0.3, -0.25) is 0 Å². The van der Waals surface area contributed by atoms with E-state index >= 15 is 0 Å². The molecule has 0 radical (unpaired) electrons. The molecule has 13 heavy (non-hydrogen) atoms. The lowest BCUT2D eigenvalue weighted by molar-refractivity contribution is 1.04. The highest BCUT2D eigenvalue weighted by Gasteiger charge is 2.03. The highest BCUT2D eigenvalue weighted by Crippen LogP contribution is 2.14. The van der Waals surface area contributed by atoms with Crippen molar-refractivity contribution in [1.29, 1.82) is 0 Å². The van der Waals surface area contributed by atoms with E-state index in [2.05, 4.69) is 10.2 Å². The number of hydrogen-bond donors (Lipinski definition) is 1. The molecule has 0 unspecified atom stereocenters. The molecule has 0 spiro atoms. The second-order valence-corrected chi connectivity index (χ2v) is 3.08. The van der Waals surface area contributed by atoms with Gasteiger partial charge in [0, 0.05) is 10.8 Å². The van der Waals surface area contributed by atoms with Crippen LogP contribution in [-0.4, -0.2) is 15.2 Å². The molecule has 1 aromatic carbocycles. The maximum absolute atomic E-state index is 5.51. The lowest BCUT2D eigenvalue weighted by Gasteiger charge is -2.00. The summed E-state index contributed by atoms with van der Waals surface area (Å²) in [4.78, 5) is 0.282. The Kier molecular flexibility index (Phi) is 1.90. The molecule has 0 saturated heterocycles. The predicted molar refractivity (Wildman–Crippen MR) is 55.4 cm³/mol. The smallest absolute Gasteiger partial charge is 0.128 e. The molecule has 0 bridgehead atoms. The Hall–Kier alpha value is -1.55. The molecule has 2 aromatic rings. The number of thiocarbonyl (C=S) groups is 1. The van der Waals surface area contributed by atoms with Crippen LogP contribution in [0, 0.1) is 0 Å². The maximum atomic E-state index is 5.51. The quantitative estimate of drug-likeness (QED) is 0.686. The maximum Gasteiger partial charge on any atom is 0.128 e. The zero-order valence-electron chi connectivity index (χ0n) is 6.77. The van der Waals surface area contributed by atoms with Gasteiger partial charge in [-0.25, -0.2) is 0 Å². The third-order valence-electron chi connectivity index (χ3n) is 1.80. The summed E-state index contributed by atoms with van der Waals surface area (Å²) in [5.74, 6) is 0. The Morgan fingerprint density at radius 1 is 1.31 bits per heavy atom. The van der Waals surface area contributed by atoms with Gasteiger partial charge in [-0.1, -0.05) is 36.5 Å². The summed E-state index contributed by atoms with van der Waals surface area (Å²) in [5, 5.41) is 9.66. The van der Waals surface area contributed by atoms with E-state index in [4.69, 9.17) is 18.0 Å². The van der Waals surface area contributed by atoms with Gasteiger partial charge in [0.25, 0.3) is 0 Å². The minimum absolute atomic E-state index is 0.282. The van der Waals surface area contributed by atoms with Crippen LogP contribution >= 0.6 is 12.2 Å². The van der Waals surface area contributed by atoms with E-state index in [0.717, 1.165) is 10.8 Å². The number of nitrogens with two attached hydrogens (primary N) is 1. The predicted octanol–water partition coefficient (Wildman–Crippen LogP) is 1.26. The number of fused-ring (bicyclic) bond motifs is 1. The average Bonchev–Trinajstić information content (AvgIpc) is 2.17. The largest absolute Gasteiger partial charge is 0.388 e. The Morgan fingerprint density at radius 3 is 2.85 bits per heavy atom. The summed E-state index contributed by atoms with van der Waals surface area (Å²) in [6, 6.07) is 7.74. The Balaban J connectivity index is 2.83. The summed E-state index contributed by atoms with van der Waals surface area (Å²) in [5.41, 5.74) is 6.10. The van der Waals surface area contributed by atoms with Crippen LogP contribution in [0.15, 0.2) is 30.5 Å². The van der Waals surface area contributed by atoms with Crippen LogP contribution in [0.5, 0.6) is 0 Å². The molecule has 0 amide bonds. The molecule has 3 nitrogen and oxygen atoms in total. The van der Waals surface area contributed by atoms with E-state index in [-0.39, 0.29) is 4.99 Å². The van der Waals surface area contributed by atoms with E-state index in [9.17, 15) is 0 Å². The topological polar surface area (TPSA) is 51.8 Å². The second-order valence-electron chi connectivity index (χ2n) is 2.64. The first-order valence-electron chi connectivity index (χ1n) is 3.79. The first kappa shape index (κ1) is 8.07. The molecule has 1 aromatic heterocycles. The summed E-state index contributed by atoms with van der Waals surface area (Å²) < 4.78 is 0. The number of benzene rings is 1. The van der Waals surface area contributed by atoms with Crippen molar-refractivity contribution in [2.24, 2.45) is 5.73 Å². The van der Waals surface area contributed by atoms with Crippen molar-refractivity contribution >= 4 is 28.0 Å². The second kappa shape index (κ2) is 3.06. The van der Waals surface area contributed by atoms with Crippen LogP contribution in [-0.2, 0) is 0 Å². The molecule has 0 atom stereocenters. The molecule has 0 aliphatic heterocycles. The molecule has 64 valence electrons. The molecule has 0 fully saturated rings. The molecule has 2 rings (SSSR count). The zero-order valence-corrected chi connectivity index (χ0v) is 7.58. The zero-order chi connectivity index (χ0) is 9.26. The Labute approximate surface area is 80.6 Å². The monoisotopic (exact) mass is 189 g/mol. The van der Waals surface area contributed by atoms with Crippen molar-refractivity contribution in [2.75, 3.05) is 0 Å². The number of hydrogen-bond acceptors (Lipinski definition) is 3. The fraction of sp³-hybridized carbons (Fsp3) is 0. The highest BCUT2D eigenvalue weighted by molar-refractivity contribution is 7.80. The fourth-order valence-corrected chi connectivity index (χ4v) is 1.36. The van der Waals surface area contributed by atoms with Crippen molar-refractivity contribution in [3.8, 4) is 0 Å². The van der Waals surface area contributed by atoms with E-state index in [0.29, 0.717) is 5.69 Å². The van der Waals surface area contributed by atoms with Crippen molar-refractivity contribution in [1.82, 2.24) is 10.2 Å². The molecule has 0 aliphatic carbocycles. The van der Waals surface area contributed by atoms with Crippen LogP contribution in [0.25, 0.3) is 10.8 Å². The molecule has 0 saturated carbocycles. The Morgan fingerprint density at radius 2 is 2.08 bits per heavy atom. The average molecular weight is 189 g/mol. The minimum Gasteiger partial charge on any atom is -0.388 e. The van der Waals surface area contributed by atoms with Gasteiger partial charge in [0.2, 0.25) is 0 Å². The number of aromatic nitrogens is 2. The Bertz CT molecular complexity index is 462.